The number of fused-ring (bicyclic) bond motifs is 2. The van der Waals surface area contributed by atoms with Gasteiger partial charge in [-0.1, -0.05) is 105 Å². The lowest BCUT2D eigenvalue weighted by Crippen LogP contribution is -2.47. The number of Topliss-reactive ketones (excluding diaryl/α,β-unsaturated/α-hetero) is 2. The molecule has 15 heteroatoms. The van der Waals surface area contributed by atoms with Crippen molar-refractivity contribution >= 4 is 72.0 Å². The first kappa shape index (κ1) is 36.8. The number of alkyl halides is 2. The van der Waals surface area contributed by atoms with Gasteiger partial charge in [-0.05, 0) is 47.5 Å². The summed E-state index contributed by atoms with van der Waals surface area (Å²) in [5.74, 6) is -4.64. The highest BCUT2D eigenvalue weighted by Gasteiger charge is 2.55. The van der Waals surface area contributed by atoms with Crippen molar-refractivity contribution < 1.29 is 45.9 Å². The summed E-state index contributed by atoms with van der Waals surface area (Å²) < 4.78 is 79.6. The molecule has 0 fully saturated rings. The summed E-state index contributed by atoms with van der Waals surface area (Å²) in [6.45, 7) is 0. The first-order valence-corrected chi connectivity index (χ1v) is 18.2. The molecule has 4 heterocycles. The molecule has 54 heavy (non-hydrogen) atoms. The van der Waals surface area contributed by atoms with Gasteiger partial charge in [0.15, 0.2) is 10.3 Å². The van der Waals surface area contributed by atoms with Crippen LogP contribution in [0.4, 0.5) is 32.0 Å². The van der Waals surface area contributed by atoms with Crippen molar-refractivity contribution in [2.45, 2.75) is 11.3 Å². The van der Waals surface area contributed by atoms with Crippen LogP contribution in [0.1, 0.15) is 31.8 Å². The predicted molar refractivity (Wildman–Crippen MR) is 198 cm³/mol. The number of thiophene rings is 2. The largest absolute Gasteiger partial charge is 0.497 e. The molecule has 6 aromatic rings. The number of hydrogen-bond acceptors (Lipinski definition) is 7. The summed E-state index contributed by atoms with van der Waals surface area (Å²) in [7, 11) is 1.42. The van der Waals surface area contributed by atoms with Gasteiger partial charge in [-0.2, -0.15) is 8.78 Å². The molecule has 2 N–H and O–H groups in total. The van der Waals surface area contributed by atoms with Crippen LogP contribution in [0.3, 0.4) is 0 Å². The molecule has 4 aromatic carbocycles. The molecular weight excluding hydrogens is 815 g/mol. The summed E-state index contributed by atoms with van der Waals surface area (Å²) in [6, 6.07) is 24.3. The third-order valence-corrected chi connectivity index (χ3v) is 11.1. The number of benzene rings is 4. The normalized spacial score (nSPS) is 18.9. The Morgan fingerprint density at radius 2 is 1.09 bits per heavy atom. The quantitative estimate of drug-likeness (QED) is 0.133. The summed E-state index contributed by atoms with van der Waals surface area (Å²) in [4.78, 5) is 50.9. The predicted octanol–water partition coefficient (Wildman–Crippen LogP) is 10.0. The number of methoxy groups -OCH3 is 1. The van der Waals surface area contributed by atoms with E-state index in [1.165, 1.54) is 67.8 Å². The minimum Gasteiger partial charge on any atom is -0.497 e. The maximum absolute atomic E-state index is 15.8. The summed E-state index contributed by atoms with van der Waals surface area (Å²) in [6.07, 6.45) is 0. The number of hydrogen-bond donors (Lipinski definition) is 2. The number of halogens is 6. The Hall–Kier alpha value is -5.51. The van der Waals surface area contributed by atoms with E-state index in [1.807, 2.05) is 0 Å². The van der Waals surface area contributed by atoms with E-state index in [2.05, 4.69) is 26.6 Å². The first-order chi connectivity index (χ1) is 25.8. The molecule has 2 unspecified atom stereocenters. The Kier molecular flexibility index (Phi) is 9.58. The Morgan fingerprint density at radius 3 is 1.59 bits per heavy atom. The van der Waals surface area contributed by atoms with Gasteiger partial charge in [-0.3, -0.25) is 19.2 Å². The summed E-state index contributed by atoms with van der Waals surface area (Å²) in [5, 5.41) is 3.17. The highest BCUT2D eigenvalue weighted by Crippen LogP contribution is 2.49. The lowest BCUT2D eigenvalue weighted by atomic mass is 9.83. The number of ketones is 2. The van der Waals surface area contributed by atoms with Gasteiger partial charge in [0, 0.05) is 26.7 Å². The second-order valence-corrected chi connectivity index (χ2v) is 14.8. The van der Waals surface area contributed by atoms with E-state index in [0.29, 0.717) is 38.5 Å². The highest BCUT2D eigenvalue weighted by atomic mass is 79.9. The molecular formula is C39H22BrF5N2O5S2. The second kappa shape index (κ2) is 14.0. The fraction of sp³-hybridized carbons (Fsp3) is 0.0769. The average Bonchev–Trinajstić information content (AvgIpc) is 3.68. The van der Waals surface area contributed by atoms with Crippen LogP contribution in [0.2, 0.25) is 0 Å². The molecule has 2 aliphatic heterocycles. The molecule has 2 atom stereocenters. The van der Waals surface area contributed by atoms with E-state index in [1.54, 1.807) is 30.3 Å². The van der Waals surface area contributed by atoms with Crippen molar-refractivity contribution in [3.8, 4) is 28.0 Å². The molecule has 0 saturated heterocycles. The van der Waals surface area contributed by atoms with Crippen LogP contribution >= 0.6 is 38.6 Å². The van der Waals surface area contributed by atoms with Crippen LogP contribution in [0.15, 0.2) is 108 Å². The van der Waals surface area contributed by atoms with Gasteiger partial charge in [0.05, 0.1) is 18.2 Å². The summed E-state index contributed by atoms with van der Waals surface area (Å²) >= 11 is 4.45. The Morgan fingerprint density at radius 1 is 0.593 bits per heavy atom. The molecule has 2 amide bonds. The maximum atomic E-state index is 15.8. The van der Waals surface area contributed by atoms with Crippen molar-refractivity contribution in [1.29, 1.82) is 0 Å². The lowest BCUT2D eigenvalue weighted by molar-refractivity contribution is -0.126. The van der Waals surface area contributed by atoms with Crippen LogP contribution in [-0.2, 0) is 20.9 Å². The third-order valence-electron chi connectivity index (χ3n) is 8.80. The van der Waals surface area contributed by atoms with Gasteiger partial charge in [0.2, 0.25) is 11.6 Å². The van der Waals surface area contributed by atoms with Crippen molar-refractivity contribution in [2.24, 2.45) is 0 Å². The van der Waals surface area contributed by atoms with Crippen molar-refractivity contribution in [1.82, 2.24) is 0 Å². The van der Waals surface area contributed by atoms with Gasteiger partial charge < -0.3 is 15.4 Å². The summed E-state index contributed by atoms with van der Waals surface area (Å²) in [5.41, 5.74) is -6.16. The molecule has 8 rings (SSSR count). The number of carbonyl (C=O) groups excluding carboxylic acids is 4. The Labute approximate surface area is 319 Å². The van der Waals surface area contributed by atoms with Gasteiger partial charge in [0.25, 0.3) is 23.2 Å². The molecule has 0 aliphatic carbocycles. The number of nitrogens with one attached hydrogen (secondary N) is 2. The number of carbonyl (C=O) groups is 4. The molecule has 7 nitrogen and oxygen atoms in total. The fourth-order valence-corrected chi connectivity index (χ4v) is 8.42. The number of amides is 2. The molecule has 0 spiro atoms. The van der Waals surface area contributed by atoms with Crippen molar-refractivity contribution in [3.63, 3.8) is 0 Å². The molecule has 2 aliphatic rings. The van der Waals surface area contributed by atoms with Crippen molar-refractivity contribution in [2.75, 3.05) is 17.7 Å². The molecule has 0 radical (unpaired) electrons. The van der Waals surface area contributed by atoms with Gasteiger partial charge >= 0.3 is 0 Å². The minimum atomic E-state index is -3.03. The molecule has 0 saturated carbocycles. The van der Waals surface area contributed by atoms with E-state index in [0.717, 1.165) is 12.1 Å². The molecule has 2 aromatic heterocycles. The number of anilines is 2. The van der Waals surface area contributed by atoms with Gasteiger partial charge in [-0.25, -0.2) is 13.2 Å². The van der Waals surface area contributed by atoms with E-state index in [4.69, 9.17) is 4.74 Å². The third kappa shape index (κ3) is 6.01. The van der Waals surface area contributed by atoms with Crippen molar-refractivity contribution in [3.05, 3.63) is 146 Å². The van der Waals surface area contributed by atoms with E-state index in [-0.39, 0.29) is 48.9 Å². The molecule has 0 bridgehead atoms. The van der Waals surface area contributed by atoms with E-state index in [9.17, 15) is 32.3 Å². The average molecular weight is 838 g/mol. The fourth-order valence-electron chi connectivity index (χ4n) is 6.13. The Balaban J connectivity index is 0.000000167. The van der Waals surface area contributed by atoms with Crippen LogP contribution in [-0.4, -0.2) is 30.5 Å². The first-order valence-electron chi connectivity index (χ1n) is 15.8. The van der Waals surface area contributed by atoms with Crippen LogP contribution < -0.4 is 15.4 Å². The van der Waals surface area contributed by atoms with Gasteiger partial charge in [0.1, 0.15) is 21.6 Å². The number of ether oxygens (including phenoxy) is 1. The van der Waals surface area contributed by atoms with E-state index < -0.39 is 50.8 Å². The zero-order chi connectivity index (χ0) is 38.5. The SMILES string of the molecule is COc1ccc(C2(F)C(=O)Nc3sc(F)c(-c4ccc(F)cc4)c3C2=O)cc1.O=C1Nc2sc(F)c(-c3cccc(Br)c3)c2C(=O)C1(F)c1ccccc1. The zero-order valence-electron chi connectivity index (χ0n) is 27.4. The van der Waals surface area contributed by atoms with E-state index >= 15 is 8.78 Å². The monoisotopic (exact) mass is 836 g/mol. The van der Waals surface area contributed by atoms with Crippen LogP contribution in [0.5, 0.6) is 5.75 Å². The van der Waals surface area contributed by atoms with Crippen LogP contribution in [0.25, 0.3) is 22.3 Å². The lowest BCUT2D eigenvalue weighted by Gasteiger charge is -2.28. The number of rotatable bonds is 5. The van der Waals surface area contributed by atoms with Gasteiger partial charge in [-0.15, -0.1) is 0 Å². The highest BCUT2D eigenvalue weighted by molar-refractivity contribution is 9.10. The topological polar surface area (TPSA) is 102 Å². The standard InChI is InChI=1S/C20H12F3NO3S.C19H10BrF2NO2S/c1-27-13-8-4-11(5-9-13)20(23)16(25)15-14(10-2-6-12(21)7-3-10)17(22)28-18(15)24-19(20)26;20-12-8-4-5-10(9-12)13-14-15(24)19(22,11-6-2-1-3-7-11)18(25)23-17(14)26-16(13)21/h2-9H,1H3,(H,24,26);1-9H,(H,23,25). The smallest absolute Gasteiger partial charge is 0.276 e. The minimum absolute atomic E-state index is 0.00532. The zero-order valence-corrected chi connectivity index (χ0v) is 30.7. The Bertz CT molecular complexity index is 2490. The maximum Gasteiger partial charge on any atom is 0.276 e. The van der Waals surface area contributed by atoms with Crippen LogP contribution in [0, 0.1) is 16.1 Å². The molecule has 272 valence electrons. The second-order valence-electron chi connectivity index (χ2n) is 11.9.